The van der Waals surface area contributed by atoms with E-state index in [1.54, 1.807) is 6.21 Å². The molecule has 0 N–H and O–H groups in total. The van der Waals surface area contributed by atoms with Gasteiger partial charge in [-0.2, -0.15) is 0 Å². The molecule has 1 fully saturated rings. The van der Waals surface area contributed by atoms with Gasteiger partial charge in [0.25, 0.3) is 6.20 Å². The first-order valence-corrected chi connectivity index (χ1v) is 4.96. The fourth-order valence-corrected chi connectivity index (χ4v) is 1.82. The summed E-state index contributed by atoms with van der Waals surface area (Å²) in [5, 5.41) is 10.3. The SMILES string of the molecule is O=[N+]([O-])C=C1N=CCN1CC1CCOC1. The van der Waals surface area contributed by atoms with Crippen LogP contribution in [-0.2, 0) is 4.74 Å². The van der Waals surface area contributed by atoms with Gasteiger partial charge in [0.1, 0.15) is 0 Å². The summed E-state index contributed by atoms with van der Waals surface area (Å²) in [5.41, 5.74) is 0. The molecule has 0 amide bonds. The monoisotopic (exact) mass is 211 g/mol. The number of nitrogens with zero attached hydrogens (tertiary/aromatic N) is 3. The van der Waals surface area contributed by atoms with Crippen molar-refractivity contribution in [2.24, 2.45) is 10.9 Å². The van der Waals surface area contributed by atoms with Crippen molar-refractivity contribution in [3.8, 4) is 0 Å². The molecule has 2 rings (SSSR count). The number of rotatable bonds is 3. The molecule has 82 valence electrons. The Morgan fingerprint density at radius 3 is 3.33 bits per heavy atom. The van der Waals surface area contributed by atoms with E-state index in [1.165, 1.54) is 0 Å². The van der Waals surface area contributed by atoms with Gasteiger partial charge in [-0.25, -0.2) is 4.99 Å². The maximum absolute atomic E-state index is 10.3. The third kappa shape index (κ3) is 2.53. The lowest BCUT2D eigenvalue weighted by Crippen LogP contribution is -2.27. The first kappa shape index (κ1) is 10.1. The Morgan fingerprint density at radius 2 is 2.67 bits per heavy atom. The molecule has 0 aromatic heterocycles. The summed E-state index contributed by atoms with van der Waals surface area (Å²) >= 11 is 0. The van der Waals surface area contributed by atoms with E-state index in [4.69, 9.17) is 4.74 Å². The number of aliphatic imine (C=N–C) groups is 1. The van der Waals surface area contributed by atoms with Gasteiger partial charge < -0.3 is 9.64 Å². The van der Waals surface area contributed by atoms with Crippen molar-refractivity contribution < 1.29 is 9.66 Å². The van der Waals surface area contributed by atoms with Gasteiger partial charge in [-0.15, -0.1) is 0 Å². The Balaban J connectivity index is 1.94. The Hall–Kier alpha value is -1.43. The van der Waals surface area contributed by atoms with Gasteiger partial charge >= 0.3 is 0 Å². The third-order valence-electron chi connectivity index (χ3n) is 2.57. The minimum absolute atomic E-state index is 0.451. The van der Waals surface area contributed by atoms with Crippen LogP contribution in [0.4, 0.5) is 0 Å². The minimum atomic E-state index is -0.462. The Labute approximate surface area is 87.4 Å². The first-order chi connectivity index (χ1) is 7.25. The summed E-state index contributed by atoms with van der Waals surface area (Å²) < 4.78 is 5.26. The topological polar surface area (TPSA) is 68.0 Å². The first-order valence-electron chi connectivity index (χ1n) is 4.96. The molecule has 6 heteroatoms. The maximum atomic E-state index is 10.3. The van der Waals surface area contributed by atoms with Crippen LogP contribution in [0, 0.1) is 16.0 Å². The zero-order valence-electron chi connectivity index (χ0n) is 8.33. The zero-order valence-corrected chi connectivity index (χ0v) is 8.33. The molecule has 0 aromatic rings. The number of hydrogen-bond donors (Lipinski definition) is 0. The fourth-order valence-electron chi connectivity index (χ4n) is 1.82. The quantitative estimate of drug-likeness (QED) is 0.503. The van der Waals surface area contributed by atoms with E-state index in [2.05, 4.69) is 4.99 Å². The largest absolute Gasteiger partial charge is 0.381 e. The smallest absolute Gasteiger partial charge is 0.276 e. The molecule has 0 radical (unpaired) electrons. The third-order valence-corrected chi connectivity index (χ3v) is 2.57. The molecule has 0 spiro atoms. The van der Waals surface area contributed by atoms with E-state index < -0.39 is 4.92 Å². The predicted octanol–water partition coefficient (Wildman–Crippen LogP) is 0.485. The summed E-state index contributed by atoms with van der Waals surface area (Å²) in [4.78, 5) is 15.8. The van der Waals surface area contributed by atoms with E-state index in [9.17, 15) is 10.1 Å². The molecule has 0 aromatic carbocycles. The molecular weight excluding hydrogens is 198 g/mol. The highest BCUT2D eigenvalue weighted by Gasteiger charge is 2.23. The Bertz CT molecular complexity index is 308. The number of ether oxygens (including phenoxy) is 1. The van der Waals surface area contributed by atoms with Crippen LogP contribution in [0.25, 0.3) is 0 Å². The average Bonchev–Trinajstić information content (AvgIpc) is 2.78. The van der Waals surface area contributed by atoms with E-state index in [0.29, 0.717) is 18.3 Å². The second-order valence-electron chi connectivity index (χ2n) is 3.72. The number of hydrogen-bond acceptors (Lipinski definition) is 5. The van der Waals surface area contributed by atoms with Gasteiger partial charge in [-0.05, 0) is 6.42 Å². The van der Waals surface area contributed by atoms with E-state index in [1.807, 2.05) is 4.90 Å². The summed E-state index contributed by atoms with van der Waals surface area (Å²) in [7, 11) is 0. The van der Waals surface area contributed by atoms with Gasteiger partial charge in [0.2, 0.25) is 0 Å². The van der Waals surface area contributed by atoms with Crippen molar-refractivity contribution in [1.29, 1.82) is 0 Å². The maximum Gasteiger partial charge on any atom is 0.276 e. The van der Waals surface area contributed by atoms with Crippen LogP contribution in [0.15, 0.2) is 17.0 Å². The normalized spacial score (nSPS) is 27.9. The van der Waals surface area contributed by atoms with E-state index >= 15 is 0 Å². The Kier molecular flexibility index (Phi) is 2.96. The van der Waals surface area contributed by atoms with Crippen LogP contribution in [0.3, 0.4) is 0 Å². The molecular formula is C9H13N3O3. The van der Waals surface area contributed by atoms with Crippen LogP contribution in [0.1, 0.15) is 6.42 Å². The van der Waals surface area contributed by atoms with Crippen LogP contribution in [0.5, 0.6) is 0 Å². The molecule has 6 nitrogen and oxygen atoms in total. The average molecular weight is 211 g/mol. The van der Waals surface area contributed by atoms with Crippen molar-refractivity contribution in [1.82, 2.24) is 4.90 Å². The summed E-state index contributed by atoms with van der Waals surface area (Å²) in [6, 6.07) is 0. The van der Waals surface area contributed by atoms with Gasteiger partial charge in [0, 0.05) is 25.3 Å². The van der Waals surface area contributed by atoms with Crippen LogP contribution in [-0.4, -0.2) is 42.3 Å². The van der Waals surface area contributed by atoms with Crippen molar-refractivity contribution in [3.05, 3.63) is 22.1 Å². The summed E-state index contributed by atoms with van der Waals surface area (Å²) in [6.07, 6.45) is 3.69. The molecule has 1 unspecified atom stereocenters. The molecule has 1 saturated heterocycles. The predicted molar refractivity (Wildman–Crippen MR) is 54.1 cm³/mol. The van der Waals surface area contributed by atoms with Gasteiger partial charge in [0.05, 0.1) is 18.1 Å². The van der Waals surface area contributed by atoms with Gasteiger partial charge in [0.15, 0.2) is 5.82 Å². The lowest BCUT2D eigenvalue weighted by Gasteiger charge is -2.19. The van der Waals surface area contributed by atoms with Crippen molar-refractivity contribution in [2.75, 3.05) is 26.3 Å². The lowest BCUT2D eigenvalue weighted by molar-refractivity contribution is -0.404. The highest BCUT2D eigenvalue weighted by Crippen LogP contribution is 2.18. The standard InChI is InChI=1S/C9H13N3O3/c13-12(14)6-9-10-2-3-11(9)5-8-1-4-15-7-8/h2,6,8H,1,3-5,7H2. The fraction of sp³-hybridized carbons (Fsp3) is 0.667. The second kappa shape index (κ2) is 4.39. The second-order valence-corrected chi connectivity index (χ2v) is 3.72. The van der Waals surface area contributed by atoms with Crippen LogP contribution in [0.2, 0.25) is 0 Å². The molecule has 0 aliphatic carbocycles. The van der Waals surface area contributed by atoms with E-state index in [-0.39, 0.29) is 0 Å². The minimum Gasteiger partial charge on any atom is -0.381 e. The highest BCUT2D eigenvalue weighted by atomic mass is 16.6. The highest BCUT2D eigenvalue weighted by molar-refractivity contribution is 5.64. The molecule has 0 bridgehead atoms. The van der Waals surface area contributed by atoms with Crippen molar-refractivity contribution in [3.63, 3.8) is 0 Å². The Morgan fingerprint density at radius 1 is 1.80 bits per heavy atom. The van der Waals surface area contributed by atoms with Crippen molar-refractivity contribution in [2.45, 2.75) is 6.42 Å². The van der Waals surface area contributed by atoms with Crippen LogP contribution < -0.4 is 0 Å². The summed E-state index contributed by atoms with van der Waals surface area (Å²) in [6.45, 7) is 3.01. The molecule has 15 heavy (non-hydrogen) atoms. The van der Waals surface area contributed by atoms with Gasteiger partial charge in [-0.3, -0.25) is 10.1 Å². The molecule has 2 aliphatic rings. The van der Waals surface area contributed by atoms with Gasteiger partial charge in [-0.1, -0.05) is 0 Å². The molecule has 2 aliphatic heterocycles. The molecule has 0 saturated carbocycles. The zero-order chi connectivity index (χ0) is 10.7. The molecule has 1 atom stereocenters. The molecule has 2 heterocycles. The lowest BCUT2D eigenvalue weighted by atomic mass is 10.1. The van der Waals surface area contributed by atoms with Crippen molar-refractivity contribution >= 4 is 6.21 Å². The number of nitro groups is 1. The van der Waals surface area contributed by atoms with E-state index in [0.717, 1.165) is 32.4 Å². The summed E-state index contributed by atoms with van der Waals surface area (Å²) in [5.74, 6) is 0.925. The van der Waals surface area contributed by atoms with Crippen LogP contribution >= 0.6 is 0 Å².